The van der Waals surface area contributed by atoms with Crippen molar-refractivity contribution in [2.75, 3.05) is 5.73 Å². The average Bonchev–Trinajstić information content (AvgIpc) is 3.46. The maximum atomic E-state index is 14.3. The molecule has 0 spiro atoms. The SMILES string of the molecule is Cc1nn(CC2CC2)c2c1Cn1nc(Cl)cc1-c1ccc(F)cc1C(C)Oc1cc-2cnc1N. The minimum Gasteiger partial charge on any atom is -0.482 e. The van der Waals surface area contributed by atoms with E-state index in [0.717, 1.165) is 40.3 Å². The molecule has 4 aromatic rings. The molecule has 0 saturated heterocycles. The molecule has 1 aromatic carbocycles. The Kier molecular flexibility index (Phi) is 4.88. The largest absolute Gasteiger partial charge is 0.482 e. The number of pyridine rings is 1. The summed E-state index contributed by atoms with van der Waals surface area (Å²) < 4.78 is 24.5. The van der Waals surface area contributed by atoms with Crippen LogP contribution in [0, 0.1) is 18.7 Å². The minimum atomic E-state index is -0.496. The molecule has 0 amide bonds. The standard InChI is InChI=1S/C25H24ClFN6O/c1-13-20-12-32-21(9-23(26)31-32)18-6-5-17(27)8-19(18)14(2)34-22-7-16(10-29-25(22)28)24(20)33(30-13)11-15-3-4-15/h5-10,14-15H,3-4,11-12H2,1-2H3,(H2,28,29). The second kappa shape index (κ2) is 7.84. The number of nitrogens with two attached hydrogens (primary N) is 1. The Hall–Kier alpha value is -3.39. The van der Waals surface area contributed by atoms with Crippen LogP contribution in [-0.4, -0.2) is 24.5 Å². The van der Waals surface area contributed by atoms with Crippen molar-refractivity contribution in [1.82, 2.24) is 24.5 Å². The van der Waals surface area contributed by atoms with Crippen molar-refractivity contribution >= 4 is 17.4 Å². The van der Waals surface area contributed by atoms with Crippen molar-refractivity contribution in [3.8, 4) is 28.3 Å². The van der Waals surface area contributed by atoms with Gasteiger partial charge in [-0.05, 0) is 56.9 Å². The van der Waals surface area contributed by atoms with Gasteiger partial charge in [0.1, 0.15) is 11.9 Å². The number of hydrogen-bond donors (Lipinski definition) is 1. The van der Waals surface area contributed by atoms with Crippen molar-refractivity contribution < 1.29 is 9.13 Å². The molecular weight excluding hydrogens is 455 g/mol. The summed E-state index contributed by atoms with van der Waals surface area (Å²) in [5, 5.41) is 9.82. The zero-order valence-electron chi connectivity index (χ0n) is 18.9. The highest BCUT2D eigenvalue weighted by Crippen LogP contribution is 2.39. The van der Waals surface area contributed by atoms with Gasteiger partial charge < -0.3 is 10.5 Å². The van der Waals surface area contributed by atoms with E-state index >= 15 is 0 Å². The van der Waals surface area contributed by atoms with Crippen LogP contribution in [0.2, 0.25) is 5.15 Å². The van der Waals surface area contributed by atoms with Gasteiger partial charge in [-0.15, -0.1) is 0 Å². The maximum absolute atomic E-state index is 14.3. The molecule has 6 rings (SSSR count). The Morgan fingerprint density at radius 1 is 1.21 bits per heavy atom. The predicted octanol–water partition coefficient (Wildman–Crippen LogP) is 5.40. The molecule has 1 fully saturated rings. The Labute approximate surface area is 201 Å². The van der Waals surface area contributed by atoms with Gasteiger partial charge in [-0.2, -0.15) is 10.2 Å². The third-order valence-corrected chi connectivity index (χ3v) is 6.81. The monoisotopic (exact) mass is 478 g/mol. The van der Waals surface area contributed by atoms with Crippen molar-refractivity contribution in [2.45, 2.75) is 45.9 Å². The summed E-state index contributed by atoms with van der Waals surface area (Å²) in [6.45, 7) is 5.18. The van der Waals surface area contributed by atoms with Crippen molar-refractivity contribution in [1.29, 1.82) is 0 Å². The quantitative estimate of drug-likeness (QED) is 0.417. The number of ether oxygens (including phenoxy) is 1. The maximum Gasteiger partial charge on any atom is 0.166 e. The van der Waals surface area contributed by atoms with Gasteiger partial charge in [0.2, 0.25) is 0 Å². The molecule has 3 aromatic heterocycles. The van der Waals surface area contributed by atoms with Crippen LogP contribution in [0.4, 0.5) is 10.2 Å². The zero-order valence-corrected chi connectivity index (χ0v) is 19.7. The van der Waals surface area contributed by atoms with Crippen LogP contribution in [0.3, 0.4) is 0 Å². The molecule has 2 N–H and O–H groups in total. The lowest BCUT2D eigenvalue weighted by Gasteiger charge is -2.22. The molecule has 1 aliphatic heterocycles. The van der Waals surface area contributed by atoms with Gasteiger partial charge in [-0.25, -0.2) is 9.37 Å². The average molecular weight is 479 g/mol. The molecule has 34 heavy (non-hydrogen) atoms. The number of nitrogens with zero attached hydrogens (tertiary/aromatic N) is 5. The summed E-state index contributed by atoms with van der Waals surface area (Å²) in [7, 11) is 0. The number of rotatable bonds is 2. The van der Waals surface area contributed by atoms with Gasteiger partial charge in [0.25, 0.3) is 0 Å². The van der Waals surface area contributed by atoms with Crippen molar-refractivity contribution in [3.63, 3.8) is 0 Å². The topological polar surface area (TPSA) is 83.8 Å². The van der Waals surface area contributed by atoms with Crippen LogP contribution in [-0.2, 0) is 13.1 Å². The lowest BCUT2D eigenvalue weighted by Crippen LogP contribution is -2.12. The van der Waals surface area contributed by atoms with E-state index in [-0.39, 0.29) is 11.6 Å². The van der Waals surface area contributed by atoms with E-state index in [1.54, 1.807) is 18.3 Å². The van der Waals surface area contributed by atoms with Gasteiger partial charge in [0.05, 0.1) is 23.6 Å². The summed E-state index contributed by atoms with van der Waals surface area (Å²) in [5.74, 6) is 1.02. The lowest BCUT2D eigenvalue weighted by atomic mass is 9.99. The van der Waals surface area contributed by atoms with E-state index < -0.39 is 6.10 Å². The normalized spacial score (nSPS) is 17.1. The number of anilines is 1. The molecule has 1 saturated carbocycles. The number of benzene rings is 1. The van der Waals surface area contributed by atoms with Gasteiger partial charge in [-0.1, -0.05) is 11.6 Å². The van der Waals surface area contributed by atoms with Crippen LogP contribution < -0.4 is 10.5 Å². The van der Waals surface area contributed by atoms with Gasteiger partial charge in [0.15, 0.2) is 16.7 Å². The first-order chi connectivity index (χ1) is 16.4. The highest BCUT2D eigenvalue weighted by Gasteiger charge is 2.28. The third kappa shape index (κ3) is 3.62. The molecule has 2 aliphatic rings. The number of hydrogen-bond acceptors (Lipinski definition) is 5. The van der Waals surface area contributed by atoms with E-state index in [1.807, 2.05) is 24.6 Å². The molecule has 4 heterocycles. The summed E-state index contributed by atoms with van der Waals surface area (Å²) >= 11 is 6.38. The number of nitrogen functional groups attached to an aromatic ring is 1. The highest BCUT2D eigenvalue weighted by atomic mass is 35.5. The summed E-state index contributed by atoms with van der Waals surface area (Å²) in [4.78, 5) is 4.42. The Morgan fingerprint density at radius 3 is 2.82 bits per heavy atom. The molecule has 1 unspecified atom stereocenters. The molecular formula is C25H24ClFN6O. The molecule has 2 bridgehead atoms. The van der Waals surface area contributed by atoms with E-state index in [4.69, 9.17) is 27.2 Å². The van der Waals surface area contributed by atoms with Gasteiger partial charge >= 0.3 is 0 Å². The van der Waals surface area contributed by atoms with Gasteiger partial charge in [-0.3, -0.25) is 9.36 Å². The Bertz CT molecular complexity index is 1420. The summed E-state index contributed by atoms with van der Waals surface area (Å²) in [5.41, 5.74) is 12.2. The van der Waals surface area contributed by atoms with Crippen LogP contribution in [0.1, 0.15) is 42.7 Å². The molecule has 7 nitrogen and oxygen atoms in total. The fourth-order valence-corrected chi connectivity index (χ4v) is 4.91. The fourth-order valence-electron chi connectivity index (χ4n) is 4.72. The second-order valence-corrected chi connectivity index (χ2v) is 9.53. The van der Waals surface area contributed by atoms with Gasteiger partial charge in [0, 0.05) is 41.1 Å². The van der Waals surface area contributed by atoms with Crippen molar-refractivity contribution in [3.05, 3.63) is 64.3 Å². The predicted molar refractivity (Wildman–Crippen MR) is 128 cm³/mol. The smallest absolute Gasteiger partial charge is 0.166 e. The summed E-state index contributed by atoms with van der Waals surface area (Å²) in [6.07, 6.45) is 3.69. The van der Waals surface area contributed by atoms with E-state index in [0.29, 0.717) is 28.9 Å². The van der Waals surface area contributed by atoms with Crippen LogP contribution in [0.5, 0.6) is 5.75 Å². The number of aryl methyl sites for hydroxylation is 1. The molecule has 0 radical (unpaired) electrons. The van der Waals surface area contributed by atoms with E-state index in [2.05, 4.69) is 14.8 Å². The van der Waals surface area contributed by atoms with Crippen LogP contribution in [0.25, 0.3) is 22.5 Å². The van der Waals surface area contributed by atoms with Crippen LogP contribution >= 0.6 is 11.6 Å². The summed E-state index contributed by atoms with van der Waals surface area (Å²) in [6, 6.07) is 8.36. The molecule has 1 aliphatic carbocycles. The molecule has 9 heteroatoms. The molecule has 1 atom stereocenters. The number of fused-ring (bicyclic) bond motifs is 7. The van der Waals surface area contributed by atoms with Crippen molar-refractivity contribution in [2.24, 2.45) is 5.92 Å². The highest BCUT2D eigenvalue weighted by molar-refractivity contribution is 6.29. The van der Waals surface area contributed by atoms with Crippen LogP contribution in [0.15, 0.2) is 36.5 Å². The van der Waals surface area contributed by atoms with E-state index in [9.17, 15) is 4.39 Å². The van der Waals surface area contributed by atoms with E-state index in [1.165, 1.54) is 25.0 Å². The Morgan fingerprint density at radius 2 is 2.03 bits per heavy atom. The lowest BCUT2D eigenvalue weighted by molar-refractivity contribution is 0.227. The third-order valence-electron chi connectivity index (χ3n) is 6.62. The second-order valence-electron chi connectivity index (χ2n) is 9.15. The Balaban J connectivity index is 1.62. The number of aromatic nitrogens is 5. The zero-order chi connectivity index (χ0) is 23.6. The first-order valence-corrected chi connectivity index (χ1v) is 11.8. The molecule has 174 valence electrons. The number of halogens is 2. The first kappa shape index (κ1) is 21.2. The minimum absolute atomic E-state index is 0.283. The fraction of sp³-hybridized carbons (Fsp3) is 0.320. The first-order valence-electron chi connectivity index (χ1n) is 11.4.